The number of ether oxygens (including phenoxy) is 1. The van der Waals surface area contributed by atoms with E-state index in [4.69, 9.17) is 4.74 Å². The molecule has 16 heteroatoms. The molecule has 1 aliphatic carbocycles. The predicted octanol–water partition coefficient (Wildman–Crippen LogP) is 5.64. The summed E-state index contributed by atoms with van der Waals surface area (Å²) in [5.41, 5.74) is 1.66. The number of hydrogen-bond acceptors (Lipinski definition) is 10. The third-order valence-corrected chi connectivity index (χ3v) is 13.5. The number of piperidine rings is 1. The fourth-order valence-corrected chi connectivity index (χ4v) is 9.38. The maximum Gasteiger partial charge on any atom is 0.404 e. The molecule has 59 heavy (non-hydrogen) atoms. The van der Waals surface area contributed by atoms with Gasteiger partial charge in [0.05, 0.1) is 28.8 Å². The number of halogens is 1. The van der Waals surface area contributed by atoms with Crippen molar-refractivity contribution >= 4 is 46.9 Å². The van der Waals surface area contributed by atoms with Crippen LogP contribution in [0.4, 0.5) is 9.18 Å². The van der Waals surface area contributed by atoms with Crippen LogP contribution in [0.2, 0.25) is 0 Å². The molecule has 5 N–H and O–H groups in total. The zero-order valence-corrected chi connectivity index (χ0v) is 35.9. The van der Waals surface area contributed by atoms with Gasteiger partial charge in [0.25, 0.3) is 5.91 Å². The number of rotatable bonds is 17. The molecule has 13 nitrogen and oxygen atoms in total. The van der Waals surface area contributed by atoms with Crippen LogP contribution in [-0.4, -0.2) is 117 Å². The summed E-state index contributed by atoms with van der Waals surface area (Å²) in [6.45, 7) is 10.3. The minimum atomic E-state index is -1.97. The lowest BCUT2D eigenvalue weighted by atomic mass is 9.85. The highest BCUT2D eigenvalue weighted by molar-refractivity contribution is 7.99. The molecule has 3 aromatic rings. The summed E-state index contributed by atoms with van der Waals surface area (Å²) in [4.78, 5) is 62.1. The van der Waals surface area contributed by atoms with Crippen LogP contribution >= 0.6 is 23.1 Å². The molecule has 4 amide bonds. The summed E-state index contributed by atoms with van der Waals surface area (Å²) in [5.74, 6) is -0.223. The number of amides is 4. The molecular formula is C43H57FN6O7S2. The molecule has 0 radical (unpaired) electrons. The van der Waals surface area contributed by atoms with Crippen LogP contribution in [0.3, 0.4) is 0 Å². The Kier molecular flexibility index (Phi) is 14.6. The van der Waals surface area contributed by atoms with Crippen molar-refractivity contribution in [3.05, 3.63) is 65.3 Å². The summed E-state index contributed by atoms with van der Waals surface area (Å²) in [5, 5.41) is 28.3. The fraction of sp³-hybridized carbons (Fsp3) is 0.558. The van der Waals surface area contributed by atoms with Gasteiger partial charge >= 0.3 is 6.09 Å². The molecule has 0 bridgehead atoms. The Bertz CT molecular complexity index is 1930. The van der Waals surface area contributed by atoms with Gasteiger partial charge in [-0.1, -0.05) is 51.1 Å². The molecule has 6 rings (SSSR count). The van der Waals surface area contributed by atoms with Crippen LogP contribution in [0.1, 0.15) is 70.6 Å². The number of aryl methyl sites for hydroxylation is 1. The highest BCUT2D eigenvalue weighted by Crippen LogP contribution is 2.40. The molecule has 3 aliphatic rings. The number of aliphatic hydroxyl groups excluding tert-OH is 1. The minimum absolute atomic E-state index is 0.0322. The molecule has 1 aromatic heterocycles. The van der Waals surface area contributed by atoms with E-state index >= 15 is 0 Å². The number of hydrogen-bond donors (Lipinski definition) is 5. The van der Waals surface area contributed by atoms with Gasteiger partial charge < -0.3 is 40.7 Å². The number of nitrogens with one attached hydrogen (secondary N) is 3. The Morgan fingerprint density at radius 1 is 1.08 bits per heavy atom. The molecular weight excluding hydrogens is 796 g/mol. The Hall–Kier alpha value is -4.25. The smallest absolute Gasteiger partial charge is 0.404 e. The molecule has 2 saturated heterocycles. The van der Waals surface area contributed by atoms with Gasteiger partial charge in [0.15, 0.2) is 5.67 Å². The van der Waals surface area contributed by atoms with Gasteiger partial charge in [-0.05, 0) is 87.2 Å². The first kappa shape index (κ1) is 44.3. The molecule has 2 aromatic carbocycles. The number of carboxylic acid groups (broad SMARTS) is 1. The summed E-state index contributed by atoms with van der Waals surface area (Å²) < 4.78 is 21.2. The van der Waals surface area contributed by atoms with E-state index < -0.39 is 53.1 Å². The summed E-state index contributed by atoms with van der Waals surface area (Å²) in [6.07, 6.45) is 0.862. The first-order valence-electron chi connectivity index (χ1n) is 20.4. The molecule has 3 fully saturated rings. The van der Waals surface area contributed by atoms with Gasteiger partial charge in [-0.3, -0.25) is 14.4 Å². The van der Waals surface area contributed by atoms with Gasteiger partial charge in [0, 0.05) is 48.3 Å². The van der Waals surface area contributed by atoms with E-state index in [1.165, 1.54) is 16.2 Å². The first-order valence-corrected chi connectivity index (χ1v) is 22.3. The largest absolute Gasteiger partial charge is 0.493 e. The SMILES string of the molecule is Cc1ncsc1-c1ccc(CNC(=O)[C@@H]2C[C@@H](O)CN2C(=O)C(NC(=O)C2(F)CC2)C(C)(C)C)c(OCC2CCN(CCC(CSc3ccccc3)NC(=O)O)CC2)c1. The molecule has 4 atom stereocenters. The van der Waals surface area contributed by atoms with E-state index in [2.05, 4.69) is 25.8 Å². The van der Waals surface area contributed by atoms with Crippen molar-refractivity contribution in [2.75, 3.05) is 38.5 Å². The van der Waals surface area contributed by atoms with Gasteiger partial charge in [-0.2, -0.15) is 0 Å². The van der Waals surface area contributed by atoms with Crippen LogP contribution in [0.25, 0.3) is 10.4 Å². The molecule has 2 aliphatic heterocycles. The number of likely N-dealkylation sites (tertiary alicyclic amines) is 2. The van der Waals surface area contributed by atoms with Crippen molar-refractivity contribution in [2.24, 2.45) is 11.3 Å². The van der Waals surface area contributed by atoms with Crippen molar-refractivity contribution in [3.63, 3.8) is 0 Å². The van der Waals surface area contributed by atoms with Crippen molar-refractivity contribution in [3.8, 4) is 16.2 Å². The second kappa shape index (κ2) is 19.4. The summed E-state index contributed by atoms with van der Waals surface area (Å²) >= 11 is 3.18. The van der Waals surface area contributed by atoms with Gasteiger partial charge in [0.1, 0.15) is 17.8 Å². The molecule has 2 unspecified atom stereocenters. The van der Waals surface area contributed by atoms with Crippen molar-refractivity contribution < 1.29 is 38.5 Å². The van der Waals surface area contributed by atoms with E-state index in [-0.39, 0.29) is 38.4 Å². The number of β-amino-alcohol motifs (C(OH)–C–C–N with tert-alkyl or cyclic N) is 1. The number of benzene rings is 2. The average molecular weight is 853 g/mol. The van der Waals surface area contributed by atoms with Crippen molar-refractivity contribution in [2.45, 2.75) is 108 Å². The third-order valence-electron chi connectivity index (χ3n) is 11.4. The number of alkyl halides is 1. The van der Waals surface area contributed by atoms with Crippen LogP contribution in [0.5, 0.6) is 5.75 Å². The Morgan fingerprint density at radius 2 is 1.81 bits per heavy atom. The highest BCUT2D eigenvalue weighted by atomic mass is 32.2. The number of carbonyl (C=O) groups is 4. The topological polar surface area (TPSA) is 173 Å². The summed E-state index contributed by atoms with van der Waals surface area (Å²) in [7, 11) is 0. The van der Waals surface area contributed by atoms with Gasteiger partial charge in [0.2, 0.25) is 11.8 Å². The lowest BCUT2D eigenvalue weighted by Crippen LogP contribution is -2.59. The predicted molar refractivity (Wildman–Crippen MR) is 226 cm³/mol. The minimum Gasteiger partial charge on any atom is -0.493 e. The van der Waals surface area contributed by atoms with Crippen molar-refractivity contribution in [1.82, 2.24) is 30.7 Å². The zero-order valence-electron chi connectivity index (χ0n) is 34.2. The zero-order chi connectivity index (χ0) is 42.3. The average Bonchev–Trinajstić information content (AvgIpc) is 3.61. The normalized spacial score (nSPS) is 20.4. The Balaban J connectivity index is 1.06. The fourth-order valence-electron chi connectivity index (χ4n) is 7.58. The Morgan fingerprint density at radius 3 is 2.46 bits per heavy atom. The molecule has 0 spiro atoms. The Labute approximate surface area is 353 Å². The lowest BCUT2D eigenvalue weighted by molar-refractivity contribution is -0.145. The molecule has 3 heterocycles. The quantitative estimate of drug-likeness (QED) is 0.107. The third kappa shape index (κ3) is 12.0. The van der Waals surface area contributed by atoms with Gasteiger partial charge in [-0.15, -0.1) is 23.1 Å². The van der Waals surface area contributed by atoms with E-state index in [0.717, 1.165) is 59.1 Å². The van der Waals surface area contributed by atoms with Crippen LogP contribution in [-0.2, 0) is 20.9 Å². The van der Waals surface area contributed by atoms with Crippen LogP contribution in [0.15, 0.2) is 58.9 Å². The lowest BCUT2D eigenvalue weighted by Gasteiger charge is -2.35. The van der Waals surface area contributed by atoms with E-state index in [0.29, 0.717) is 30.4 Å². The second-order valence-electron chi connectivity index (χ2n) is 17.1. The van der Waals surface area contributed by atoms with E-state index in [1.54, 1.807) is 38.0 Å². The summed E-state index contributed by atoms with van der Waals surface area (Å²) in [6, 6.07) is 13.6. The maximum absolute atomic E-state index is 14.6. The number of nitrogens with zero attached hydrogens (tertiary/aromatic N) is 3. The van der Waals surface area contributed by atoms with Crippen LogP contribution in [0, 0.1) is 18.3 Å². The standard InChI is InChI=1S/C43H57FN6O7S2/c1-27-36(59-26-46-27)29-10-11-30(22-45-38(52)34-21-32(51)23-50(34)39(53)37(42(2,3)4)48-40(54)43(44)15-16-43)35(20-29)57-24-28-12-17-49(18-13-28)19-14-31(47-41(55)56)25-58-33-8-6-5-7-9-33/h5-11,20,26,28,31-32,34,37,47,51H,12-19,21-25H2,1-4H3,(H,45,52)(H,48,54)(H,55,56)/t31?,32-,34+,37?/m1/s1. The molecule has 1 saturated carbocycles. The second-order valence-corrected chi connectivity index (χ2v) is 19.0. The van der Waals surface area contributed by atoms with Crippen molar-refractivity contribution in [1.29, 1.82) is 0 Å². The van der Waals surface area contributed by atoms with Gasteiger partial charge in [-0.25, -0.2) is 14.2 Å². The number of carbonyl (C=O) groups excluding carboxylic acids is 3. The first-order chi connectivity index (χ1) is 28.1. The maximum atomic E-state index is 14.6. The number of thioether (sulfide) groups is 1. The van der Waals surface area contributed by atoms with E-state index in [1.807, 2.05) is 55.5 Å². The number of aliphatic hydroxyl groups is 1. The number of aromatic nitrogens is 1. The van der Waals surface area contributed by atoms with E-state index in [9.17, 15) is 33.8 Å². The number of thiazole rings is 1. The molecule has 320 valence electrons. The van der Waals surface area contributed by atoms with Crippen LogP contribution < -0.4 is 20.7 Å². The highest BCUT2D eigenvalue weighted by Gasteiger charge is 2.53. The monoisotopic (exact) mass is 852 g/mol.